The Balaban J connectivity index is 1.77. The Bertz CT molecular complexity index is 1000. The summed E-state index contributed by atoms with van der Waals surface area (Å²) in [5.74, 6) is -1.12. The minimum Gasteiger partial charge on any atom is -0.327 e. The number of carbonyl (C=O) groups is 2. The van der Waals surface area contributed by atoms with E-state index in [4.69, 9.17) is 0 Å². The molecule has 7 heteroatoms. The van der Waals surface area contributed by atoms with E-state index in [0.29, 0.717) is 12.2 Å². The average Bonchev–Trinajstić information content (AvgIpc) is 3.20. The smallest absolute Gasteiger partial charge is 0.313 e. The number of rotatable bonds is 4. The molecule has 7 nitrogen and oxygen atoms in total. The van der Waals surface area contributed by atoms with Gasteiger partial charge in [0.1, 0.15) is 0 Å². The number of aromatic nitrogens is 2. The first-order chi connectivity index (χ1) is 13.9. The number of H-pyrrole nitrogens is 1. The first kappa shape index (κ1) is 20.5. The standard InChI is InChI=1S/C22H27N5O2/c1-14(16(3)23-4)11-15(2)25-21(28)22(29)27-10-6-5-7-20(27)17-8-9-19-18(12-17)13-24-26-19/h8-9,11-13,20H,4-7,10H2,1-3H3,(H,24,26)(H,25,28)/b15-11+,16-14-/t20-/m0/s1. The summed E-state index contributed by atoms with van der Waals surface area (Å²) in [6.07, 6.45) is 6.31. The SMILES string of the molecule is C=N/C(C)=C(C)\C=C(/C)NC(=O)C(=O)N1CCCC[C@H]1c1ccc2[nH]ncc2c1. The van der Waals surface area contributed by atoms with Crippen LogP contribution < -0.4 is 5.32 Å². The van der Waals surface area contributed by atoms with Crippen molar-refractivity contribution in [1.29, 1.82) is 0 Å². The lowest BCUT2D eigenvalue weighted by Crippen LogP contribution is -2.46. The summed E-state index contributed by atoms with van der Waals surface area (Å²) in [4.78, 5) is 31.1. The molecule has 1 saturated heterocycles. The summed E-state index contributed by atoms with van der Waals surface area (Å²) in [5, 5.41) is 10.7. The number of fused-ring (bicyclic) bond motifs is 1. The maximum absolute atomic E-state index is 12.9. The van der Waals surface area contributed by atoms with E-state index in [0.717, 1.165) is 47.0 Å². The lowest BCUT2D eigenvalue weighted by molar-refractivity contribution is -0.148. The second-order valence-corrected chi connectivity index (χ2v) is 7.43. The number of benzene rings is 1. The number of aliphatic imine (C=N–C) groups is 1. The fourth-order valence-electron chi connectivity index (χ4n) is 3.64. The number of aromatic amines is 1. The number of nitrogens with one attached hydrogen (secondary N) is 2. The molecule has 2 amide bonds. The topological polar surface area (TPSA) is 90.5 Å². The van der Waals surface area contributed by atoms with Crippen LogP contribution in [-0.4, -0.2) is 40.2 Å². The van der Waals surface area contributed by atoms with Crippen LogP contribution >= 0.6 is 0 Å². The number of nitrogens with zero attached hydrogens (tertiary/aromatic N) is 3. The minimum atomic E-state index is -0.618. The van der Waals surface area contributed by atoms with Crippen molar-refractivity contribution in [2.75, 3.05) is 6.54 Å². The van der Waals surface area contributed by atoms with Gasteiger partial charge in [-0.25, -0.2) is 0 Å². The predicted molar refractivity (Wildman–Crippen MR) is 114 cm³/mol. The minimum absolute atomic E-state index is 0.112. The molecule has 0 spiro atoms. The monoisotopic (exact) mass is 393 g/mol. The van der Waals surface area contributed by atoms with Gasteiger partial charge in [0.25, 0.3) is 0 Å². The Kier molecular flexibility index (Phi) is 6.26. The maximum Gasteiger partial charge on any atom is 0.313 e. The molecule has 2 aromatic rings. The average molecular weight is 393 g/mol. The number of allylic oxidation sites excluding steroid dienone is 4. The predicted octanol–water partition coefficient (Wildman–Crippen LogP) is 3.63. The van der Waals surface area contributed by atoms with Crippen LogP contribution in [0.1, 0.15) is 51.6 Å². The van der Waals surface area contributed by atoms with E-state index in [-0.39, 0.29) is 6.04 Å². The highest BCUT2D eigenvalue weighted by Crippen LogP contribution is 2.32. The second-order valence-electron chi connectivity index (χ2n) is 7.43. The van der Waals surface area contributed by atoms with Gasteiger partial charge in [0.15, 0.2) is 0 Å². The summed E-state index contributed by atoms with van der Waals surface area (Å²) >= 11 is 0. The van der Waals surface area contributed by atoms with Gasteiger partial charge in [-0.1, -0.05) is 6.07 Å². The summed E-state index contributed by atoms with van der Waals surface area (Å²) in [7, 11) is 0. The Morgan fingerprint density at radius 1 is 1.31 bits per heavy atom. The highest BCUT2D eigenvalue weighted by molar-refractivity contribution is 6.35. The van der Waals surface area contributed by atoms with Crippen LogP contribution in [0.3, 0.4) is 0 Å². The fourth-order valence-corrected chi connectivity index (χ4v) is 3.64. The van der Waals surface area contributed by atoms with E-state index in [1.807, 2.05) is 32.0 Å². The lowest BCUT2D eigenvalue weighted by atomic mass is 9.94. The number of likely N-dealkylation sites (tertiary alicyclic amines) is 1. The summed E-state index contributed by atoms with van der Waals surface area (Å²) in [5.41, 5.74) is 4.23. The molecule has 29 heavy (non-hydrogen) atoms. The third-order valence-corrected chi connectivity index (χ3v) is 5.36. The van der Waals surface area contributed by atoms with E-state index in [9.17, 15) is 9.59 Å². The molecule has 0 bridgehead atoms. The molecular weight excluding hydrogens is 366 g/mol. The second kappa shape index (κ2) is 8.86. The molecule has 0 saturated carbocycles. The summed E-state index contributed by atoms with van der Waals surface area (Å²) in [6.45, 7) is 9.55. The first-order valence-electron chi connectivity index (χ1n) is 9.78. The molecule has 1 aromatic heterocycles. The van der Waals surface area contributed by atoms with Crippen LogP contribution in [0.15, 0.2) is 52.4 Å². The summed E-state index contributed by atoms with van der Waals surface area (Å²) < 4.78 is 0. The maximum atomic E-state index is 12.9. The zero-order valence-electron chi connectivity index (χ0n) is 17.2. The highest BCUT2D eigenvalue weighted by atomic mass is 16.2. The molecule has 1 aliphatic heterocycles. The van der Waals surface area contributed by atoms with Crippen LogP contribution in [0.5, 0.6) is 0 Å². The molecule has 1 aliphatic rings. The van der Waals surface area contributed by atoms with E-state index in [1.165, 1.54) is 0 Å². The number of piperidine rings is 1. The van der Waals surface area contributed by atoms with Crippen molar-refractivity contribution < 1.29 is 9.59 Å². The lowest BCUT2D eigenvalue weighted by Gasteiger charge is -2.35. The normalized spacial score (nSPS) is 18.4. The highest BCUT2D eigenvalue weighted by Gasteiger charge is 2.32. The first-order valence-corrected chi connectivity index (χ1v) is 9.78. The van der Waals surface area contributed by atoms with Gasteiger partial charge in [0.05, 0.1) is 17.8 Å². The molecule has 1 aromatic carbocycles. The van der Waals surface area contributed by atoms with E-state index in [2.05, 4.69) is 27.2 Å². The third kappa shape index (κ3) is 4.62. The Morgan fingerprint density at radius 2 is 2.10 bits per heavy atom. The van der Waals surface area contributed by atoms with Gasteiger partial charge in [0, 0.05) is 23.3 Å². The van der Waals surface area contributed by atoms with Gasteiger partial charge in [0.2, 0.25) is 0 Å². The van der Waals surface area contributed by atoms with Crippen molar-refractivity contribution in [2.24, 2.45) is 4.99 Å². The van der Waals surface area contributed by atoms with Gasteiger partial charge < -0.3 is 10.2 Å². The molecule has 1 fully saturated rings. The van der Waals surface area contributed by atoms with Crippen LogP contribution in [0.2, 0.25) is 0 Å². The Labute approximate surface area is 170 Å². The molecule has 2 heterocycles. The van der Waals surface area contributed by atoms with Gasteiger partial charge in [-0.15, -0.1) is 0 Å². The molecular formula is C22H27N5O2. The van der Waals surface area contributed by atoms with Crippen LogP contribution in [-0.2, 0) is 9.59 Å². The van der Waals surface area contributed by atoms with E-state index in [1.54, 1.807) is 24.1 Å². The van der Waals surface area contributed by atoms with E-state index < -0.39 is 11.8 Å². The van der Waals surface area contributed by atoms with Crippen LogP contribution in [0.4, 0.5) is 0 Å². The fraction of sp³-hybridized carbons (Fsp3) is 0.364. The zero-order chi connectivity index (χ0) is 21.0. The van der Waals surface area contributed by atoms with Gasteiger partial charge >= 0.3 is 11.8 Å². The van der Waals surface area contributed by atoms with Crippen molar-refractivity contribution in [3.8, 4) is 0 Å². The van der Waals surface area contributed by atoms with Crippen molar-refractivity contribution in [2.45, 2.75) is 46.1 Å². The van der Waals surface area contributed by atoms with Gasteiger partial charge in [-0.2, -0.15) is 5.10 Å². The number of hydrogen-bond acceptors (Lipinski definition) is 4. The van der Waals surface area contributed by atoms with Crippen LogP contribution in [0.25, 0.3) is 10.9 Å². The molecule has 0 radical (unpaired) electrons. The molecule has 3 rings (SSSR count). The zero-order valence-corrected chi connectivity index (χ0v) is 17.2. The molecule has 1 atom stereocenters. The largest absolute Gasteiger partial charge is 0.327 e. The molecule has 152 valence electrons. The number of amides is 2. The molecule has 2 N–H and O–H groups in total. The molecule has 0 unspecified atom stereocenters. The number of carbonyl (C=O) groups excluding carboxylic acids is 2. The van der Waals surface area contributed by atoms with Crippen molar-refractivity contribution in [1.82, 2.24) is 20.4 Å². The van der Waals surface area contributed by atoms with Crippen molar-refractivity contribution in [3.63, 3.8) is 0 Å². The Morgan fingerprint density at radius 3 is 2.86 bits per heavy atom. The number of hydrogen-bond donors (Lipinski definition) is 2. The van der Waals surface area contributed by atoms with E-state index >= 15 is 0 Å². The van der Waals surface area contributed by atoms with Crippen molar-refractivity contribution >= 4 is 29.4 Å². The van der Waals surface area contributed by atoms with Gasteiger partial charge in [-0.05, 0) is 76.1 Å². The quantitative estimate of drug-likeness (QED) is 0.472. The van der Waals surface area contributed by atoms with Crippen LogP contribution in [0, 0.1) is 0 Å². The Hall–Kier alpha value is -3.22. The summed E-state index contributed by atoms with van der Waals surface area (Å²) in [6, 6.07) is 5.89. The molecule has 0 aliphatic carbocycles. The van der Waals surface area contributed by atoms with Crippen molar-refractivity contribution in [3.05, 3.63) is 53.0 Å². The third-order valence-electron chi connectivity index (χ3n) is 5.36. The van der Waals surface area contributed by atoms with Gasteiger partial charge in [-0.3, -0.25) is 19.7 Å².